The van der Waals surface area contributed by atoms with Gasteiger partial charge in [0.2, 0.25) is 0 Å². The summed E-state index contributed by atoms with van der Waals surface area (Å²) in [5.74, 6) is 1.54. The summed E-state index contributed by atoms with van der Waals surface area (Å²) >= 11 is 0. The van der Waals surface area contributed by atoms with Crippen LogP contribution in [-0.4, -0.2) is 21.5 Å². The highest BCUT2D eigenvalue weighted by molar-refractivity contribution is 5.93. The number of hydrogen-bond acceptors (Lipinski definition) is 4. The quantitative estimate of drug-likeness (QED) is 0.586. The van der Waals surface area contributed by atoms with E-state index in [1.165, 1.54) is 5.56 Å². The van der Waals surface area contributed by atoms with Gasteiger partial charge in [0, 0.05) is 29.9 Å². The zero-order valence-electron chi connectivity index (χ0n) is 14.0. The van der Waals surface area contributed by atoms with E-state index in [9.17, 15) is 0 Å². The number of anilines is 1. The van der Waals surface area contributed by atoms with Gasteiger partial charge in [-0.15, -0.1) is 0 Å². The van der Waals surface area contributed by atoms with Crippen molar-refractivity contribution in [2.45, 2.75) is 6.92 Å². The smallest absolute Gasteiger partial charge is 0.163 e. The maximum absolute atomic E-state index is 4.73. The normalized spacial score (nSPS) is 10.8. The highest BCUT2D eigenvalue weighted by atomic mass is 15.0. The van der Waals surface area contributed by atoms with Crippen LogP contribution in [0.1, 0.15) is 6.92 Å². The van der Waals surface area contributed by atoms with Crippen LogP contribution in [0.15, 0.2) is 73.1 Å². The van der Waals surface area contributed by atoms with Crippen LogP contribution in [0.2, 0.25) is 0 Å². The molecule has 2 heterocycles. The molecule has 0 saturated carbocycles. The van der Waals surface area contributed by atoms with E-state index in [1.807, 2.05) is 30.3 Å². The summed E-state index contributed by atoms with van der Waals surface area (Å²) < 4.78 is 0. The van der Waals surface area contributed by atoms with Crippen LogP contribution >= 0.6 is 0 Å². The van der Waals surface area contributed by atoms with Crippen molar-refractivity contribution in [2.24, 2.45) is 0 Å². The average Bonchev–Trinajstić information content (AvgIpc) is 2.69. The van der Waals surface area contributed by atoms with Gasteiger partial charge in [-0.2, -0.15) is 0 Å². The van der Waals surface area contributed by atoms with E-state index < -0.39 is 0 Å². The van der Waals surface area contributed by atoms with Gasteiger partial charge >= 0.3 is 0 Å². The van der Waals surface area contributed by atoms with Crippen LogP contribution in [0.3, 0.4) is 0 Å². The van der Waals surface area contributed by atoms with Gasteiger partial charge in [0.15, 0.2) is 5.82 Å². The molecule has 4 heteroatoms. The summed E-state index contributed by atoms with van der Waals surface area (Å²) in [6.45, 7) is 2.87. The summed E-state index contributed by atoms with van der Waals surface area (Å²) in [5, 5.41) is 4.39. The Morgan fingerprint density at radius 1 is 0.840 bits per heavy atom. The van der Waals surface area contributed by atoms with Crippen LogP contribution in [0, 0.1) is 0 Å². The van der Waals surface area contributed by atoms with E-state index in [4.69, 9.17) is 9.97 Å². The molecule has 0 fully saturated rings. The SMILES string of the molecule is CCNc1nc(-c2cccnc2)nc2ccc(-c3ccccc3)cc12. The number of benzene rings is 2. The van der Waals surface area contributed by atoms with Gasteiger partial charge in [0.05, 0.1) is 5.52 Å². The number of rotatable bonds is 4. The molecule has 0 bridgehead atoms. The van der Waals surface area contributed by atoms with Crippen molar-refractivity contribution >= 4 is 16.7 Å². The number of nitrogens with one attached hydrogen (secondary N) is 1. The summed E-state index contributed by atoms with van der Waals surface area (Å²) in [6, 6.07) is 20.5. The van der Waals surface area contributed by atoms with Crippen LogP contribution in [0.4, 0.5) is 5.82 Å². The van der Waals surface area contributed by atoms with E-state index in [1.54, 1.807) is 12.4 Å². The lowest BCUT2D eigenvalue weighted by Crippen LogP contribution is -2.03. The van der Waals surface area contributed by atoms with Gasteiger partial charge in [-0.05, 0) is 42.3 Å². The summed E-state index contributed by atoms with van der Waals surface area (Å²) in [7, 11) is 0. The standard InChI is InChI=1S/C21H18N4/c1-2-23-21-18-13-16(15-7-4-3-5-8-15)10-11-19(18)24-20(25-21)17-9-6-12-22-14-17/h3-14H,2H2,1H3,(H,23,24,25). The van der Waals surface area contributed by atoms with Crippen molar-refractivity contribution < 1.29 is 0 Å². The molecule has 25 heavy (non-hydrogen) atoms. The third-order valence-corrected chi connectivity index (χ3v) is 4.07. The zero-order chi connectivity index (χ0) is 17.1. The third-order valence-electron chi connectivity index (χ3n) is 4.07. The molecule has 122 valence electrons. The van der Waals surface area contributed by atoms with Crippen LogP contribution in [0.5, 0.6) is 0 Å². The Labute approximate surface area is 146 Å². The van der Waals surface area contributed by atoms with Gasteiger partial charge in [-0.25, -0.2) is 9.97 Å². The lowest BCUT2D eigenvalue weighted by Gasteiger charge is -2.11. The Morgan fingerprint density at radius 2 is 1.68 bits per heavy atom. The van der Waals surface area contributed by atoms with Gasteiger partial charge in [0.1, 0.15) is 5.82 Å². The molecule has 2 aromatic carbocycles. The highest BCUT2D eigenvalue weighted by Crippen LogP contribution is 2.29. The molecule has 0 atom stereocenters. The molecule has 4 rings (SSSR count). The van der Waals surface area contributed by atoms with Crippen molar-refractivity contribution in [1.29, 1.82) is 0 Å². The minimum atomic E-state index is 0.684. The van der Waals surface area contributed by atoms with E-state index in [0.29, 0.717) is 5.82 Å². The average molecular weight is 326 g/mol. The second-order valence-corrected chi connectivity index (χ2v) is 5.77. The van der Waals surface area contributed by atoms with Crippen LogP contribution < -0.4 is 5.32 Å². The molecule has 0 aliphatic carbocycles. The summed E-state index contributed by atoms with van der Waals surface area (Å²) in [6.07, 6.45) is 3.54. The largest absolute Gasteiger partial charge is 0.370 e. The maximum Gasteiger partial charge on any atom is 0.163 e. The monoisotopic (exact) mass is 326 g/mol. The fourth-order valence-electron chi connectivity index (χ4n) is 2.86. The summed E-state index contributed by atoms with van der Waals surface area (Å²) in [5.41, 5.74) is 4.17. The Kier molecular flexibility index (Phi) is 4.09. The molecule has 0 aliphatic heterocycles. The molecule has 0 radical (unpaired) electrons. The molecule has 4 nitrogen and oxygen atoms in total. The van der Waals surface area contributed by atoms with Gasteiger partial charge < -0.3 is 5.32 Å². The molecule has 0 amide bonds. The first-order valence-corrected chi connectivity index (χ1v) is 8.36. The first-order chi connectivity index (χ1) is 12.3. The minimum Gasteiger partial charge on any atom is -0.370 e. The Morgan fingerprint density at radius 3 is 2.44 bits per heavy atom. The number of fused-ring (bicyclic) bond motifs is 1. The Balaban J connectivity index is 1.89. The minimum absolute atomic E-state index is 0.684. The van der Waals surface area contributed by atoms with Crippen LogP contribution in [-0.2, 0) is 0 Å². The predicted octanol–water partition coefficient (Wildman–Crippen LogP) is 4.79. The van der Waals surface area contributed by atoms with Crippen molar-refractivity contribution in [3.63, 3.8) is 0 Å². The van der Waals surface area contributed by atoms with E-state index in [0.717, 1.165) is 34.4 Å². The molecule has 4 aromatic rings. The highest BCUT2D eigenvalue weighted by Gasteiger charge is 2.10. The van der Waals surface area contributed by atoms with Crippen molar-refractivity contribution in [1.82, 2.24) is 15.0 Å². The molecule has 0 saturated heterocycles. The molecule has 0 aliphatic rings. The topological polar surface area (TPSA) is 50.7 Å². The number of nitrogens with zero attached hydrogens (tertiary/aromatic N) is 3. The first-order valence-electron chi connectivity index (χ1n) is 8.36. The van der Waals surface area contributed by atoms with Crippen molar-refractivity contribution in [3.8, 4) is 22.5 Å². The van der Waals surface area contributed by atoms with Crippen LogP contribution in [0.25, 0.3) is 33.4 Å². The Bertz CT molecular complexity index is 998. The fourth-order valence-corrected chi connectivity index (χ4v) is 2.86. The summed E-state index contributed by atoms with van der Waals surface area (Å²) in [4.78, 5) is 13.6. The third kappa shape index (κ3) is 3.06. The van der Waals surface area contributed by atoms with Gasteiger partial charge in [-0.1, -0.05) is 36.4 Å². The second-order valence-electron chi connectivity index (χ2n) is 5.77. The van der Waals surface area contributed by atoms with E-state index >= 15 is 0 Å². The van der Waals surface area contributed by atoms with E-state index in [2.05, 4.69) is 47.6 Å². The number of pyridine rings is 1. The zero-order valence-corrected chi connectivity index (χ0v) is 14.0. The van der Waals surface area contributed by atoms with Crippen molar-refractivity contribution in [3.05, 3.63) is 73.1 Å². The second kappa shape index (κ2) is 6.69. The molecule has 1 N–H and O–H groups in total. The molecular weight excluding hydrogens is 308 g/mol. The van der Waals surface area contributed by atoms with Gasteiger partial charge in [0.25, 0.3) is 0 Å². The van der Waals surface area contributed by atoms with Gasteiger partial charge in [-0.3, -0.25) is 4.98 Å². The molecule has 2 aromatic heterocycles. The molecule has 0 unspecified atom stereocenters. The predicted molar refractivity (Wildman–Crippen MR) is 102 cm³/mol. The lowest BCUT2D eigenvalue weighted by atomic mass is 10.0. The van der Waals surface area contributed by atoms with Crippen molar-refractivity contribution in [2.75, 3.05) is 11.9 Å². The Hall–Kier alpha value is -3.27. The number of aromatic nitrogens is 3. The molecular formula is C21H18N4. The number of hydrogen-bond donors (Lipinski definition) is 1. The fraction of sp³-hybridized carbons (Fsp3) is 0.0952. The van der Waals surface area contributed by atoms with E-state index in [-0.39, 0.29) is 0 Å². The maximum atomic E-state index is 4.73. The lowest BCUT2D eigenvalue weighted by molar-refractivity contribution is 1.14. The first kappa shape index (κ1) is 15.3. The molecule has 0 spiro atoms.